The molecule has 3 rings (SSSR count). The van der Waals surface area contributed by atoms with Crippen molar-refractivity contribution >= 4 is 29.9 Å². The predicted octanol–water partition coefficient (Wildman–Crippen LogP) is 2.33. The molecule has 1 aromatic carbocycles. The van der Waals surface area contributed by atoms with Crippen molar-refractivity contribution in [2.24, 2.45) is 11.7 Å². The molecule has 5 nitrogen and oxygen atoms in total. The van der Waals surface area contributed by atoms with Gasteiger partial charge in [0.15, 0.2) is 0 Å². The summed E-state index contributed by atoms with van der Waals surface area (Å²) >= 11 is 0. The SMILES string of the molecule is CN(C(=O)C1CCCC(N)C1)C1CCN(c2ccccc2F)C1=O.Cl. The van der Waals surface area contributed by atoms with Crippen LogP contribution in [0.2, 0.25) is 0 Å². The van der Waals surface area contributed by atoms with E-state index in [4.69, 9.17) is 5.73 Å². The van der Waals surface area contributed by atoms with Crippen LogP contribution in [0.5, 0.6) is 0 Å². The van der Waals surface area contributed by atoms with Crippen LogP contribution in [0, 0.1) is 11.7 Å². The molecule has 7 heteroatoms. The zero-order chi connectivity index (χ0) is 17.3. The molecule has 3 unspecified atom stereocenters. The molecular formula is C18H25ClFN3O2. The minimum Gasteiger partial charge on any atom is -0.333 e. The maximum Gasteiger partial charge on any atom is 0.249 e. The minimum absolute atomic E-state index is 0. The lowest BCUT2D eigenvalue weighted by Gasteiger charge is -2.31. The number of nitrogens with two attached hydrogens (primary N) is 1. The van der Waals surface area contributed by atoms with Gasteiger partial charge < -0.3 is 15.5 Å². The molecule has 1 heterocycles. The molecule has 1 saturated heterocycles. The monoisotopic (exact) mass is 369 g/mol. The number of carbonyl (C=O) groups is 2. The number of benzene rings is 1. The summed E-state index contributed by atoms with van der Waals surface area (Å²) in [6.45, 7) is 0.423. The van der Waals surface area contributed by atoms with Crippen molar-refractivity contribution in [3.05, 3.63) is 30.1 Å². The normalized spacial score (nSPS) is 26.3. The fraction of sp³-hybridized carbons (Fsp3) is 0.556. The first-order chi connectivity index (χ1) is 11.5. The third kappa shape index (κ3) is 3.96. The van der Waals surface area contributed by atoms with E-state index in [0.717, 1.165) is 19.3 Å². The number of likely N-dealkylation sites (N-methyl/N-ethyl adjacent to an activating group) is 1. The fourth-order valence-corrected chi connectivity index (χ4v) is 3.83. The third-order valence-corrected chi connectivity index (χ3v) is 5.20. The summed E-state index contributed by atoms with van der Waals surface area (Å²) in [5.41, 5.74) is 6.25. The van der Waals surface area contributed by atoms with Gasteiger partial charge in [-0.15, -0.1) is 12.4 Å². The van der Waals surface area contributed by atoms with Crippen molar-refractivity contribution in [1.82, 2.24) is 4.90 Å². The molecule has 1 aliphatic carbocycles. The van der Waals surface area contributed by atoms with Gasteiger partial charge in [-0.3, -0.25) is 9.59 Å². The van der Waals surface area contributed by atoms with Crippen molar-refractivity contribution in [3.8, 4) is 0 Å². The number of hydrogen-bond acceptors (Lipinski definition) is 3. The first-order valence-corrected chi connectivity index (χ1v) is 8.57. The van der Waals surface area contributed by atoms with Crippen LogP contribution < -0.4 is 10.6 Å². The Labute approximate surface area is 153 Å². The van der Waals surface area contributed by atoms with Gasteiger partial charge in [0.05, 0.1) is 5.69 Å². The number of rotatable bonds is 3. The molecule has 0 bridgehead atoms. The zero-order valence-electron chi connectivity index (χ0n) is 14.4. The van der Waals surface area contributed by atoms with Crippen molar-refractivity contribution in [2.75, 3.05) is 18.5 Å². The average molecular weight is 370 g/mol. The van der Waals surface area contributed by atoms with E-state index >= 15 is 0 Å². The van der Waals surface area contributed by atoms with Gasteiger partial charge in [0.2, 0.25) is 11.8 Å². The maximum atomic E-state index is 13.9. The number of para-hydroxylation sites is 1. The first kappa shape index (κ1) is 19.7. The van der Waals surface area contributed by atoms with E-state index < -0.39 is 11.9 Å². The summed E-state index contributed by atoms with van der Waals surface area (Å²) in [5.74, 6) is -0.747. The van der Waals surface area contributed by atoms with Gasteiger partial charge in [-0.05, 0) is 37.8 Å². The van der Waals surface area contributed by atoms with E-state index in [0.29, 0.717) is 19.4 Å². The van der Waals surface area contributed by atoms with E-state index in [1.807, 2.05) is 0 Å². The number of amides is 2. The molecular weight excluding hydrogens is 345 g/mol. The van der Waals surface area contributed by atoms with E-state index in [1.165, 1.54) is 11.0 Å². The molecule has 1 aliphatic heterocycles. The number of anilines is 1. The van der Waals surface area contributed by atoms with Crippen LogP contribution in [0.25, 0.3) is 0 Å². The second-order valence-electron chi connectivity index (χ2n) is 6.82. The highest BCUT2D eigenvalue weighted by atomic mass is 35.5. The van der Waals surface area contributed by atoms with E-state index in [-0.39, 0.29) is 41.9 Å². The van der Waals surface area contributed by atoms with Crippen LogP contribution in [-0.4, -0.2) is 42.4 Å². The summed E-state index contributed by atoms with van der Waals surface area (Å²) < 4.78 is 13.9. The van der Waals surface area contributed by atoms with Crippen molar-refractivity contribution in [3.63, 3.8) is 0 Å². The smallest absolute Gasteiger partial charge is 0.249 e. The maximum absolute atomic E-state index is 13.9. The second-order valence-corrected chi connectivity index (χ2v) is 6.82. The predicted molar refractivity (Wildman–Crippen MR) is 97.1 cm³/mol. The van der Waals surface area contributed by atoms with Crippen LogP contribution in [0.15, 0.2) is 24.3 Å². The van der Waals surface area contributed by atoms with Gasteiger partial charge in [0.1, 0.15) is 11.9 Å². The quantitative estimate of drug-likeness (QED) is 0.889. The fourth-order valence-electron chi connectivity index (χ4n) is 3.83. The van der Waals surface area contributed by atoms with Crippen LogP contribution >= 0.6 is 12.4 Å². The number of nitrogens with zero attached hydrogens (tertiary/aromatic N) is 2. The van der Waals surface area contributed by atoms with Crippen molar-refractivity contribution in [1.29, 1.82) is 0 Å². The third-order valence-electron chi connectivity index (χ3n) is 5.20. The molecule has 138 valence electrons. The highest BCUT2D eigenvalue weighted by Crippen LogP contribution is 2.29. The summed E-state index contributed by atoms with van der Waals surface area (Å²) in [6.07, 6.45) is 3.94. The van der Waals surface area contributed by atoms with Crippen LogP contribution in [0.1, 0.15) is 32.1 Å². The van der Waals surface area contributed by atoms with Crippen molar-refractivity contribution in [2.45, 2.75) is 44.2 Å². The molecule has 1 aromatic rings. The summed E-state index contributed by atoms with van der Waals surface area (Å²) in [5, 5.41) is 0. The number of halogens is 2. The van der Waals surface area contributed by atoms with E-state index in [9.17, 15) is 14.0 Å². The lowest BCUT2D eigenvalue weighted by molar-refractivity contribution is -0.141. The molecule has 2 fully saturated rings. The molecule has 2 N–H and O–H groups in total. The van der Waals surface area contributed by atoms with Crippen LogP contribution in [0.4, 0.5) is 10.1 Å². The Hall–Kier alpha value is -1.66. The van der Waals surface area contributed by atoms with Gasteiger partial charge in [-0.1, -0.05) is 18.6 Å². The topological polar surface area (TPSA) is 66.6 Å². The lowest BCUT2D eigenvalue weighted by Crippen LogP contribution is -2.47. The van der Waals surface area contributed by atoms with E-state index in [1.54, 1.807) is 30.1 Å². The molecule has 2 aliphatic rings. The largest absolute Gasteiger partial charge is 0.333 e. The average Bonchev–Trinajstić information content (AvgIpc) is 2.95. The van der Waals surface area contributed by atoms with Crippen LogP contribution in [-0.2, 0) is 9.59 Å². The Morgan fingerprint density at radius 3 is 2.68 bits per heavy atom. The molecule has 25 heavy (non-hydrogen) atoms. The lowest BCUT2D eigenvalue weighted by atomic mass is 9.85. The molecule has 3 atom stereocenters. The zero-order valence-corrected chi connectivity index (χ0v) is 15.2. The summed E-state index contributed by atoms with van der Waals surface area (Å²) in [6, 6.07) is 5.78. The summed E-state index contributed by atoms with van der Waals surface area (Å²) in [4.78, 5) is 28.4. The van der Waals surface area contributed by atoms with Crippen molar-refractivity contribution < 1.29 is 14.0 Å². The van der Waals surface area contributed by atoms with E-state index in [2.05, 4.69) is 0 Å². The highest BCUT2D eigenvalue weighted by molar-refractivity contribution is 6.01. The molecule has 1 saturated carbocycles. The molecule has 0 aromatic heterocycles. The first-order valence-electron chi connectivity index (χ1n) is 8.57. The minimum atomic E-state index is -0.518. The van der Waals surface area contributed by atoms with Gasteiger partial charge >= 0.3 is 0 Å². The number of carbonyl (C=O) groups excluding carboxylic acids is 2. The van der Waals surface area contributed by atoms with Gasteiger partial charge in [0, 0.05) is 25.6 Å². The number of hydrogen-bond donors (Lipinski definition) is 1. The Kier molecular flexibility index (Phi) is 6.41. The molecule has 2 amide bonds. The second kappa shape index (κ2) is 8.15. The van der Waals surface area contributed by atoms with Gasteiger partial charge in [0.25, 0.3) is 0 Å². The Morgan fingerprint density at radius 2 is 2.00 bits per heavy atom. The molecule has 0 radical (unpaired) electrons. The molecule has 0 spiro atoms. The summed E-state index contributed by atoms with van der Waals surface area (Å²) in [7, 11) is 1.68. The van der Waals surface area contributed by atoms with Gasteiger partial charge in [-0.25, -0.2) is 4.39 Å². The Bertz CT molecular complexity index is 643. The Balaban J connectivity index is 0.00000225. The Morgan fingerprint density at radius 1 is 1.28 bits per heavy atom. The standard InChI is InChI=1S/C18H24FN3O2.ClH/c1-21(17(23)12-5-4-6-13(20)11-12)16-9-10-22(18(16)24)15-8-3-2-7-14(15)19;/h2-3,7-8,12-13,16H,4-6,9-11,20H2,1H3;1H. The van der Waals surface area contributed by atoms with Gasteiger partial charge in [-0.2, -0.15) is 0 Å². The van der Waals surface area contributed by atoms with Crippen LogP contribution in [0.3, 0.4) is 0 Å². The highest BCUT2D eigenvalue weighted by Gasteiger charge is 2.40.